The van der Waals surface area contributed by atoms with Crippen LogP contribution in [0.1, 0.15) is 33.9 Å². The van der Waals surface area contributed by atoms with Gasteiger partial charge in [-0.15, -0.1) is 0 Å². The van der Waals surface area contributed by atoms with Crippen LogP contribution in [0, 0.1) is 0 Å². The molecule has 27 heavy (non-hydrogen) atoms. The van der Waals surface area contributed by atoms with Gasteiger partial charge in [-0.25, -0.2) is 0 Å². The van der Waals surface area contributed by atoms with Crippen LogP contribution < -0.4 is 14.8 Å². The predicted molar refractivity (Wildman–Crippen MR) is 102 cm³/mol. The van der Waals surface area contributed by atoms with Gasteiger partial charge in [-0.05, 0) is 42.2 Å². The predicted octanol–water partition coefficient (Wildman–Crippen LogP) is 3.51. The number of H-pyrrole nitrogens is 1. The van der Waals surface area contributed by atoms with Crippen LogP contribution in [0.2, 0.25) is 0 Å². The average molecular weight is 363 g/mol. The van der Waals surface area contributed by atoms with Crippen molar-refractivity contribution >= 4 is 5.91 Å². The van der Waals surface area contributed by atoms with Crippen LogP contribution in [-0.2, 0) is 6.42 Å². The Kier molecular flexibility index (Phi) is 4.54. The second kappa shape index (κ2) is 7.15. The number of carbonyl (C=O) groups is 1. The number of aromatic nitrogens is 2. The molecule has 4 rings (SSSR count). The fourth-order valence-corrected chi connectivity index (χ4v) is 3.61. The summed E-state index contributed by atoms with van der Waals surface area (Å²) in [5.41, 5.74) is 4.46. The molecule has 1 aliphatic carbocycles. The first-order valence-electron chi connectivity index (χ1n) is 8.85. The summed E-state index contributed by atoms with van der Waals surface area (Å²) in [6.45, 7) is 0. The number of hydrogen-bond donors (Lipinski definition) is 2. The van der Waals surface area contributed by atoms with Crippen LogP contribution in [0.5, 0.6) is 11.5 Å². The van der Waals surface area contributed by atoms with Crippen molar-refractivity contribution < 1.29 is 14.3 Å². The van der Waals surface area contributed by atoms with Gasteiger partial charge in [0.05, 0.1) is 37.7 Å². The van der Waals surface area contributed by atoms with Crippen LogP contribution in [-0.4, -0.2) is 30.3 Å². The summed E-state index contributed by atoms with van der Waals surface area (Å²) >= 11 is 0. The van der Waals surface area contributed by atoms with Crippen LogP contribution in [0.4, 0.5) is 0 Å². The van der Waals surface area contributed by atoms with E-state index in [0.717, 1.165) is 18.4 Å². The van der Waals surface area contributed by atoms with Crippen LogP contribution in [0.25, 0.3) is 11.3 Å². The van der Waals surface area contributed by atoms with Crippen molar-refractivity contribution in [1.29, 1.82) is 0 Å². The first-order valence-corrected chi connectivity index (χ1v) is 8.85. The molecule has 6 nitrogen and oxygen atoms in total. The minimum Gasteiger partial charge on any atom is -0.493 e. The van der Waals surface area contributed by atoms with Crippen LogP contribution in [0.3, 0.4) is 0 Å². The number of hydrogen-bond acceptors (Lipinski definition) is 4. The van der Waals surface area contributed by atoms with E-state index in [1.807, 2.05) is 30.3 Å². The third-order valence-corrected chi connectivity index (χ3v) is 4.99. The molecule has 1 atom stereocenters. The van der Waals surface area contributed by atoms with Gasteiger partial charge < -0.3 is 14.8 Å². The normalized spacial score (nSPS) is 15.3. The van der Waals surface area contributed by atoms with E-state index in [1.165, 1.54) is 11.1 Å². The molecular formula is C21H21N3O3. The summed E-state index contributed by atoms with van der Waals surface area (Å²) in [7, 11) is 3.17. The Bertz CT molecular complexity index is 980. The number of benzene rings is 2. The molecule has 0 radical (unpaired) electrons. The van der Waals surface area contributed by atoms with Crippen molar-refractivity contribution in [3.63, 3.8) is 0 Å². The smallest absolute Gasteiger partial charge is 0.255 e. The Morgan fingerprint density at radius 3 is 2.78 bits per heavy atom. The second-order valence-electron chi connectivity index (χ2n) is 6.49. The van der Waals surface area contributed by atoms with Crippen molar-refractivity contribution in [1.82, 2.24) is 15.5 Å². The lowest BCUT2D eigenvalue weighted by Crippen LogP contribution is -2.27. The number of nitrogens with zero attached hydrogens (tertiary/aromatic N) is 1. The first kappa shape index (κ1) is 17.1. The zero-order chi connectivity index (χ0) is 18.8. The maximum Gasteiger partial charge on any atom is 0.255 e. The topological polar surface area (TPSA) is 76.2 Å². The Hall–Kier alpha value is -3.28. The molecule has 2 aromatic carbocycles. The molecule has 3 aromatic rings. The van der Waals surface area contributed by atoms with Gasteiger partial charge in [-0.1, -0.05) is 24.3 Å². The zero-order valence-corrected chi connectivity index (χ0v) is 15.3. The first-order chi connectivity index (χ1) is 13.2. The molecule has 0 aliphatic heterocycles. The molecule has 1 amide bonds. The summed E-state index contributed by atoms with van der Waals surface area (Å²) in [5.74, 6) is 1.09. The lowest BCUT2D eigenvalue weighted by Gasteiger charge is -2.14. The van der Waals surface area contributed by atoms with Gasteiger partial charge in [0.25, 0.3) is 5.91 Å². The Balaban J connectivity index is 1.60. The summed E-state index contributed by atoms with van der Waals surface area (Å²) in [5, 5.41) is 10.2. The van der Waals surface area contributed by atoms with Gasteiger partial charge in [-0.2, -0.15) is 5.10 Å². The van der Waals surface area contributed by atoms with Crippen molar-refractivity contribution in [3.05, 3.63) is 65.4 Å². The monoisotopic (exact) mass is 363 g/mol. The van der Waals surface area contributed by atoms with E-state index in [2.05, 4.69) is 27.6 Å². The lowest BCUT2D eigenvalue weighted by molar-refractivity contribution is 0.0937. The van der Waals surface area contributed by atoms with Gasteiger partial charge in [0.2, 0.25) is 0 Å². The summed E-state index contributed by atoms with van der Waals surface area (Å²) in [4.78, 5) is 12.9. The maximum absolute atomic E-state index is 12.9. The van der Waals surface area contributed by atoms with Gasteiger partial charge in [-0.3, -0.25) is 9.89 Å². The Morgan fingerprint density at radius 1 is 1.15 bits per heavy atom. The highest BCUT2D eigenvalue weighted by atomic mass is 16.5. The number of ether oxygens (including phenoxy) is 2. The maximum atomic E-state index is 12.9. The largest absolute Gasteiger partial charge is 0.493 e. The molecule has 138 valence electrons. The van der Waals surface area contributed by atoms with E-state index >= 15 is 0 Å². The molecule has 0 saturated heterocycles. The number of fused-ring (bicyclic) bond motifs is 1. The van der Waals surface area contributed by atoms with Crippen molar-refractivity contribution in [2.75, 3.05) is 14.2 Å². The molecule has 0 spiro atoms. The summed E-state index contributed by atoms with van der Waals surface area (Å²) in [6, 6.07) is 13.8. The molecule has 1 aromatic heterocycles. The van der Waals surface area contributed by atoms with Gasteiger partial charge in [0, 0.05) is 5.56 Å². The molecule has 2 N–H and O–H groups in total. The van der Waals surface area contributed by atoms with E-state index < -0.39 is 0 Å². The number of carbonyl (C=O) groups excluding carboxylic acids is 1. The summed E-state index contributed by atoms with van der Waals surface area (Å²) in [6.07, 6.45) is 3.45. The average Bonchev–Trinajstić information content (AvgIpc) is 3.35. The van der Waals surface area contributed by atoms with Gasteiger partial charge >= 0.3 is 0 Å². The van der Waals surface area contributed by atoms with E-state index in [-0.39, 0.29) is 11.9 Å². The standard InChI is InChI=1S/C21H21N3O3/c1-26-18-10-8-14(11-19(18)27-2)20-16(12-22-24-20)21(25)23-17-9-7-13-5-3-4-6-15(13)17/h3-6,8,10-12,17H,7,9H2,1-2H3,(H,22,24)(H,23,25)/t17-/m0/s1. The van der Waals surface area contributed by atoms with E-state index in [1.54, 1.807) is 20.4 Å². The third-order valence-electron chi connectivity index (χ3n) is 4.99. The lowest BCUT2D eigenvalue weighted by atomic mass is 10.1. The van der Waals surface area contributed by atoms with Crippen LogP contribution in [0.15, 0.2) is 48.7 Å². The highest BCUT2D eigenvalue weighted by molar-refractivity contribution is 6.00. The highest BCUT2D eigenvalue weighted by Gasteiger charge is 2.25. The number of aromatic amines is 1. The van der Waals surface area contributed by atoms with Gasteiger partial charge in [0.15, 0.2) is 11.5 Å². The molecule has 0 bridgehead atoms. The Morgan fingerprint density at radius 2 is 1.96 bits per heavy atom. The second-order valence-corrected chi connectivity index (χ2v) is 6.49. The van der Waals surface area contributed by atoms with E-state index in [9.17, 15) is 4.79 Å². The quantitative estimate of drug-likeness (QED) is 0.727. The van der Waals surface area contributed by atoms with E-state index in [4.69, 9.17) is 9.47 Å². The number of nitrogens with one attached hydrogen (secondary N) is 2. The molecule has 0 fully saturated rings. The molecule has 6 heteroatoms. The number of methoxy groups -OCH3 is 2. The number of amides is 1. The van der Waals surface area contributed by atoms with Crippen molar-refractivity contribution in [2.45, 2.75) is 18.9 Å². The summed E-state index contributed by atoms with van der Waals surface area (Å²) < 4.78 is 10.6. The molecule has 0 saturated carbocycles. The highest BCUT2D eigenvalue weighted by Crippen LogP contribution is 2.34. The number of aryl methyl sites for hydroxylation is 1. The fraction of sp³-hybridized carbons (Fsp3) is 0.238. The Labute approximate surface area is 157 Å². The minimum atomic E-state index is -0.143. The van der Waals surface area contributed by atoms with E-state index in [0.29, 0.717) is 22.8 Å². The van der Waals surface area contributed by atoms with Crippen molar-refractivity contribution in [2.24, 2.45) is 0 Å². The zero-order valence-electron chi connectivity index (χ0n) is 15.3. The van der Waals surface area contributed by atoms with Gasteiger partial charge in [0.1, 0.15) is 0 Å². The van der Waals surface area contributed by atoms with Crippen LogP contribution >= 0.6 is 0 Å². The third kappa shape index (κ3) is 3.14. The SMILES string of the molecule is COc1ccc(-c2[nH]ncc2C(=O)N[C@H]2CCc3ccccc32)cc1OC. The number of rotatable bonds is 5. The molecule has 1 heterocycles. The fourth-order valence-electron chi connectivity index (χ4n) is 3.61. The minimum absolute atomic E-state index is 0.0295. The molecule has 0 unspecified atom stereocenters. The molecule has 1 aliphatic rings. The molecular weight excluding hydrogens is 342 g/mol. The van der Waals surface area contributed by atoms with Crippen molar-refractivity contribution in [3.8, 4) is 22.8 Å².